The van der Waals surface area contributed by atoms with Crippen molar-refractivity contribution in [1.82, 2.24) is 10.1 Å². The Morgan fingerprint density at radius 2 is 2.18 bits per heavy atom. The Hall–Kier alpha value is -1.88. The summed E-state index contributed by atoms with van der Waals surface area (Å²) < 4.78 is 10.6. The molecule has 1 N–H and O–H groups in total. The number of aromatic hydroxyl groups is 1. The van der Waals surface area contributed by atoms with Gasteiger partial charge in [0.1, 0.15) is 11.9 Å². The van der Waals surface area contributed by atoms with E-state index in [0.717, 1.165) is 19.4 Å². The van der Waals surface area contributed by atoms with E-state index in [9.17, 15) is 5.11 Å². The summed E-state index contributed by atoms with van der Waals surface area (Å²) in [4.78, 5) is 4.26. The lowest BCUT2D eigenvalue weighted by atomic mass is 10.2. The minimum Gasteiger partial charge on any atom is -0.507 e. The van der Waals surface area contributed by atoms with Gasteiger partial charge in [0.05, 0.1) is 5.56 Å². The summed E-state index contributed by atoms with van der Waals surface area (Å²) in [5.41, 5.74) is 0.546. The Labute approximate surface area is 98.0 Å². The van der Waals surface area contributed by atoms with Crippen LogP contribution in [-0.4, -0.2) is 21.9 Å². The van der Waals surface area contributed by atoms with Crippen molar-refractivity contribution in [3.63, 3.8) is 0 Å². The third-order valence-electron chi connectivity index (χ3n) is 2.79. The molecule has 2 aromatic rings. The molecule has 0 spiro atoms. The molecule has 5 heteroatoms. The number of rotatable bonds is 2. The molecule has 1 aliphatic rings. The maximum atomic E-state index is 9.68. The highest BCUT2D eigenvalue weighted by molar-refractivity contribution is 5.61. The monoisotopic (exact) mass is 232 g/mol. The van der Waals surface area contributed by atoms with Crippen molar-refractivity contribution in [2.75, 3.05) is 6.61 Å². The number of hydrogen-bond donors (Lipinski definition) is 1. The number of benzene rings is 1. The zero-order chi connectivity index (χ0) is 11.7. The van der Waals surface area contributed by atoms with E-state index < -0.39 is 0 Å². The molecule has 17 heavy (non-hydrogen) atoms. The van der Waals surface area contributed by atoms with Crippen molar-refractivity contribution >= 4 is 0 Å². The molecule has 0 saturated carbocycles. The summed E-state index contributed by atoms with van der Waals surface area (Å²) in [6.45, 7) is 0.741. The molecular formula is C12H12N2O3. The fraction of sp³-hybridized carbons (Fsp3) is 0.333. The Bertz CT molecular complexity index is 518. The average molecular weight is 232 g/mol. The fourth-order valence-corrected chi connectivity index (χ4v) is 1.91. The summed E-state index contributed by atoms with van der Waals surface area (Å²) in [6.07, 6.45) is 1.86. The topological polar surface area (TPSA) is 68.4 Å². The number of phenols is 1. The van der Waals surface area contributed by atoms with Gasteiger partial charge in [-0.2, -0.15) is 4.98 Å². The smallest absolute Gasteiger partial charge is 0.261 e. The van der Waals surface area contributed by atoms with Crippen LogP contribution in [0.3, 0.4) is 0 Å². The molecule has 0 bridgehead atoms. The molecular weight excluding hydrogens is 220 g/mol. The standard InChI is InChI=1S/C12H12N2O3/c15-9-5-2-1-4-8(9)12-13-11(14-17-12)10-6-3-7-16-10/h1-2,4-5,10,15H,3,6-7H2. The fourth-order valence-electron chi connectivity index (χ4n) is 1.91. The number of nitrogens with zero attached hydrogens (tertiary/aromatic N) is 2. The summed E-state index contributed by atoms with van der Waals surface area (Å²) in [5, 5.41) is 13.6. The number of phenolic OH excluding ortho intramolecular Hbond substituents is 1. The van der Waals surface area contributed by atoms with E-state index in [1.54, 1.807) is 18.2 Å². The molecule has 1 aromatic heterocycles. The van der Waals surface area contributed by atoms with E-state index in [4.69, 9.17) is 9.26 Å². The van der Waals surface area contributed by atoms with Crippen molar-refractivity contribution in [2.24, 2.45) is 0 Å². The maximum Gasteiger partial charge on any atom is 0.261 e. The summed E-state index contributed by atoms with van der Waals surface area (Å²) in [7, 11) is 0. The van der Waals surface area contributed by atoms with Crippen LogP contribution in [0.25, 0.3) is 11.5 Å². The number of aromatic nitrogens is 2. The van der Waals surface area contributed by atoms with E-state index in [2.05, 4.69) is 10.1 Å². The van der Waals surface area contributed by atoms with Gasteiger partial charge in [0.2, 0.25) is 5.82 Å². The zero-order valence-corrected chi connectivity index (χ0v) is 9.17. The molecule has 1 fully saturated rings. The van der Waals surface area contributed by atoms with Crippen LogP contribution in [0.4, 0.5) is 0 Å². The van der Waals surface area contributed by atoms with Crippen molar-refractivity contribution in [2.45, 2.75) is 18.9 Å². The molecule has 1 unspecified atom stereocenters. The van der Waals surface area contributed by atoms with Crippen molar-refractivity contribution in [3.8, 4) is 17.2 Å². The quantitative estimate of drug-likeness (QED) is 0.860. The van der Waals surface area contributed by atoms with Crippen LogP contribution in [-0.2, 0) is 4.74 Å². The van der Waals surface area contributed by atoms with Crippen LogP contribution in [0.15, 0.2) is 28.8 Å². The van der Waals surface area contributed by atoms with Gasteiger partial charge in [-0.05, 0) is 25.0 Å². The van der Waals surface area contributed by atoms with Crippen LogP contribution in [0.1, 0.15) is 24.8 Å². The lowest BCUT2D eigenvalue weighted by Crippen LogP contribution is -1.97. The van der Waals surface area contributed by atoms with E-state index >= 15 is 0 Å². The summed E-state index contributed by atoms with van der Waals surface area (Å²) >= 11 is 0. The molecule has 5 nitrogen and oxygen atoms in total. The first-order valence-electron chi connectivity index (χ1n) is 5.58. The molecule has 0 radical (unpaired) electrons. The highest BCUT2D eigenvalue weighted by Gasteiger charge is 2.24. The largest absolute Gasteiger partial charge is 0.507 e. The first-order valence-corrected chi connectivity index (χ1v) is 5.58. The Morgan fingerprint density at radius 1 is 1.29 bits per heavy atom. The number of para-hydroxylation sites is 1. The van der Waals surface area contributed by atoms with Crippen molar-refractivity contribution in [1.29, 1.82) is 0 Å². The minimum absolute atomic E-state index is 0.0710. The minimum atomic E-state index is -0.0710. The van der Waals surface area contributed by atoms with E-state index in [1.165, 1.54) is 0 Å². The summed E-state index contributed by atoms with van der Waals surface area (Å²) in [6, 6.07) is 6.88. The summed E-state index contributed by atoms with van der Waals surface area (Å²) in [5.74, 6) is 1.02. The highest BCUT2D eigenvalue weighted by atomic mass is 16.5. The van der Waals surface area contributed by atoms with Gasteiger partial charge in [-0.15, -0.1) is 0 Å². The molecule has 1 saturated heterocycles. The van der Waals surface area contributed by atoms with Crippen LogP contribution < -0.4 is 0 Å². The van der Waals surface area contributed by atoms with Crippen molar-refractivity contribution in [3.05, 3.63) is 30.1 Å². The highest BCUT2D eigenvalue weighted by Crippen LogP contribution is 2.31. The molecule has 0 amide bonds. The van der Waals surface area contributed by atoms with Gasteiger partial charge < -0.3 is 14.4 Å². The van der Waals surface area contributed by atoms with Gasteiger partial charge in [-0.1, -0.05) is 17.3 Å². The van der Waals surface area contributed by atoms with Gasteiger partial charge in [0, 0.05) is 6.61 Å². The second-order valence-corrected chi connectivity index (χ2v) is 3.98. The lowest BCUT2D eigenvalue weighted by molar-refractivity contribution is 0.103. The van der Waals surface area contributed by atoms with E-state index in [-0.39, 0.29) is 11.9 Å². The molecule has 1 aromatic carbocycles. The van der Waals surface area contributed by atoms with Gasteiger partial charge in [0.15, 0.2) is 0 Å². The second kappa shape index (κ2) is 4.18. The predicted octanol–water partition coefficient (Wildman–Crippen LogP) is 2.29. The van der Waals surface area contributed by atoms with Gasteiger partial charge in [0.25, 0.3) is 5.89 Å². The number of hydrogen-bond acceptors (Lipinski definition) is 5. The SMILES string of the molecule is Oc1ccccc1-c1nc(C2CCCO2)no1. The third kappa shape index (κ3) is 1.89. The van der Waals surface area contributed by atoms with E-state index in [1.807, 2.05) is 6.07 Å². The Morgan fingerprint density at radius 3 is 2.94 bits per heavy atom. The molecule has 0 aliphatic carbocycles. The normalized spacial score (nSPS) is 19.6. The maximum absolute atomic E-state index is 9.68. The van der Waals surface area contributed by atoms with E-state index in [0.29, 0.717) is 17.3 Å². The van der Waals surface area contributed by atoms with Crippen LogP contribution in [0.5, 0.6) is 5.75 Å². The molecule has 3 rings (SSSR count). The zero-order valence-electron chi connectivity index (χ0n) is 9.17. The van der Waals surface area contributed by atoms with Crippen LogP contribution in [0, 0.1) is 0 Å². The molecule has 2 heterocycles. The Kier molecular flexibility index (Phi) is 2.53. The second-order valence-electron chi connectivity index (χ2n) is 3.98. The molecule has 88 valence electrons. The first kappa shape index (κ1) is 10.3. The average Bonchev–Trinajstić information content (AvgIpc) is 3.00. The van der Waals surface area contributed by atoms with Crippen LogP contribution >= 0.6 is 0 Å². The van der Waals surface area contributed by atoms with Gasteiger partial charge in [-0.3, -0.25) is 0 Å². The molecule has 1 atom stereocenters. The first-order chi connectivity index (χ1) is 8.34. The predicted molar refractivity (Wildman–Crippen MR) is 59.3 cm³/mol. The Balaban J connectivity index is 1.92. The number of ether oxygens (including phenoxy) is 1. The lowest BCUT2D eigenvalue weighted by Gasteiger charge is -2.01. The van der Waals surface area contributed by atoms with Crippen LogP contribution in [0.2, 0.25) is 0 Å². The van der Waals surface area contributed by atoms with Gasteiger partial charge >= 0.3 is 0 Å². The van der Waals surface area contributed by atoms with Crippen molar-refractivity contribution < 1.29 is 14.4 Å². The molecule has 1 aliphatic heterocycles. The third-order valence-corrected chi connectivity index (χ3v) is 2.79. The van der Waals surface area contributed by atoms with Gasteiger partial charge in [-0.25, -0.2) is 0 Å².